The summed E-state index contributed by atoms with van der Waals surface area (Å²) in [5, 5.41) is -0.896. The quantitative estimate of drug-likeness (QED) is 0.149. The van der Waals surface area contributed by atoms with Gasteiger partial charge in [0.1, 0.15) is 16.7 Å². The Morgan fingerprint density at radius 2 is 0.895 bits per heavy atom. The van der Waals surface area contributed by atoms with Crippen LogP contribution >= 0.6 is 23.2 Å². The minimum absolute atomic E-state index is 0.0272. The summed E-state index contributed by atoms with van der Waals surface area (Å²) in [7, 11) is 0. The zero-order chi connectivity index (χ0) is 29.2. The number of rotatable bonds is 0. The van der Waals surface area contributed by atoms with Crippen LogP contribution in [0, 0.1) is 75.5 Å². The second-order valence-electron chi connectivity index (χ2n) is 6.51. The number of hydrogen-bond acceptors (Lipinski definition) is 8. The molecule has 0 bridgehead atoms. The molecule has 0 fully saturated rings. The first kappa shape index (κ1) is 32.4. The summed E-state index contributed by atoms with van der Waals surface area (Å²) in [6.45, 7) is 5.69. The first-order valence-corrected chi connectivity index (χ1v) is 10.4. The summed E-state index contributed by atoms with van der Waals surface area (Å²) in [6.07, 6.45) is -2.12. The molecule has 0 atom stereocenters. The molecular weight excluding hydrogens is 575 g/mol. The van der Waals surface area contributed by atoms with Crippen LogP contribution in [-0.2, 0) is 0 Å². The average molecular weight is 589 g/mol. The summed E-state index contributed by atoms with van der Waals surface area (Å²) >= 11 is 10.4. The molecule has 4 aromatic heterocycles. The first-order valence-electron chi connectivity index (χ1n) is 9.62. The predicted molar refractivity (Wildman–Crippen MR) is 117 cm³/mol. The molecule has 8 nitrogen and oxygen atoms in total. The van der Waals surface area contributed by atoms with E-state index in [1.165, 1.54) is 27.7 Å². The summed E-state index contributed by atoms with van der Waals surface area (Å²) < 4.78 is 97.1. The van der Waals surface area contributed by atoms with Gasteiger partial charge >= 0.3 is 12.2 Å². The van der Waals surface area contributed by atoms with E-state index in [9.17, 15) is 35.1 Å². The molecule has 0 spiro atoms. The normalized spacial score (nSPS) is 9.84. The Kier molecular flexibility index (Phi) is 12.7. The van der Waals surface area contributed by atoms with Crippen LogP contribution in [-0.4, -0.2) is 39.9 Å². The molecule has 18 heteroatoms. The number of aromatic nitrogens is 8. The van der Waals surface area contributed by atoms with E-state index in [4.69, 9.17) is 23.2 Å². The molecule has 204 valence electrons. The van der Waals surface area contributed by atoms with Gasteiger partial charge in [-0.1, -0.05) is 23.2 Å². The van der Waals surface area contributed by atoms with Gasteiger partial charge in [-0.2, -0.15) is 45.1 Å². The molecule has 38 heavy (non-hydrogen) atoms. The minimum Gasteiger partial charge on any atom is -0.207 e. The third-order valence-corrected chi connectivity index (χ3v) is 4.14. The lowest BCUT2D eigenvalue weighted by molar-refractivity contribution is 0.478. The Morgan fingerprint density at radius 1 is 0.474 bits per heavy atom. The van der Waals surface area contributed by atoms with Crippen molar-refractivity contribution in [3.05, 3.63) is 93.1 Å². The number of aryl methyl sites for hydroxylation is 4. The van der Waals surface area contributed by atoms with E-state index in [-0.39, 0.29) is 22.4 Å². The van der Waals surface area contributed by atoms with Gasteiger partial charge in [0.2, 0.25) is 35.7 Å². The van der Waals surface area contributed by atoms with Crippen LogP contribution in [0.5, 0.6) is 0 Å². The lowest BCUT2D eigenvalue weighted by Crippen LogP contribution is -1.97. The van der Waals surface area contributed by atoms with Crippen molar-refractivity contribution in [1.29, 1.82) is 0 Å². The Morgan fingerprint density at radius 3 is 1.32 bits per heavy atom. The second kappa shape index (κ2) is 14.9. The van der Waals surface area contributed by atoms with Crippen molar-refractivity contribution >= 4 is 23.2 Å². The Hall–Kier alpha value is -3.66. The van der Waals surface area contributed by atoms with Crippen molar-refractivity contribution < 1.29 is 35.1 Å². The molecule has 0 amide bonds. The second-order valence-corrected chi connectivity index (χ2v) is 7.27. The third-order valence-electron chi connectivity index (χ3n) is 3.40. The van der Waals surface area contributed by atoms with Gasteiger partial charge in [0, 0.05) is 17.8 Å². The van der Waals surface area contributed by atoms with Crippen molar-refractivity contribution in [3.63, 3.8) is 0 Å². The van der Waals surface area contributed by atoms with E-state index in [2.05, 4.69) is 39.9 Å². The fourth-order valence-corrected chi connectivity index (χ4v) is 2.15. The fraction of sp³-hybridized carbons (Fsp3) is 0.200. The highest BCUT2D eigenvalue weighted by Gasteiger charge is 2.09. The van der Waals surface area contributed by atoms with Crippen LogP contribution < -0.4 is 0 Å². The van der Waals surface area contributed by atoms with E-state index < -0.39 is 52.9 Å². The van der Waals surface area contributed by atoms with E-state index >= 15 is 0 Å². The molecule has 4 heterocycles. The minimum atomic E-state index is -1.10. The van der Waals surface area contributed by atoms with Gasteiger partial charge < -0.3 is 0 Å². The fourth-order valence-electron chi connectivity index (χ4n) is 1.98. The molecule has 0 saturated heterocycles. The standard InChI is InChI=1S/2C5H3ClF2N2.2C5H4F2N2/c1-2-9-4(7)3(6)5(8)10-2;1-2-3(6)4(7)10-5(8)9-2;1-3-8-4(6)2-5(7)9-3;1-3-2-4(6)9-5(7)8-3/h2*1H3;2*2H,1H3. The van der Waals surface area contributed by atoms with Crippen LogP contribution in [0.1, 0.15) is 23.0 Å². The summed E-state index contributed by atoms with van der Waals surface area (Å²) in [5.74, 6) is -5.43. The maximum Gasteiger partial charge on any atom is 0.311 e. The van der Waals surface area contributed by atoms with Gasteiger partial charge in [0.25, 0.3) is 0 Å². The van der Waals surface area contributed by atoms with Crippen LogP contribution in [0.4, 0.5) is 35.1 Å². The molecule has 0 aliphatic carbocycles. The Bertz CT molecular complexity index is 1150. The summed E-state index contributed by atoms with van der Waals surface area (Å²) in [6, 6.07) is 1.69. The highest BCUT2D eigenvalue weighted by Crippen LogP contribution is 2.15. The van der Waals surface area contributed by atoms with Gasteiger partial charge in [0.05, 0.1) is 5.69 Å². The third kappa shape index (κ3) is 11.6. The van der Waals surface area contributed by atoms with Crippen molar-refractivity contribution in [2.75, 3.05) is 0 Å². The van der Waals surface area contributed by atoms with Gasteiger partial charge in [-0.15, -0.1) is 0 Å². The number of nitrogens with zero attached hydrogens (tertiary/aromatic N) is 8. The molecular formula is C20H14Cl2F8N8. The van der Waals surface area contributed by atoms with Crippen molar-refractivity contribution in [2.45, 2.75) is 27.7 Å². The molecule has 0 aliphatic rings. The van der Waals surface area contributed by atoms with E-state index in [1.54, 1.807) is 0 Å². The maximum absolute atomic E-state index is 12.3. The van der Waals surface area contributed by atoms with Crippen molar-refractivity contribution in [3.8, 4) is 0 Å². The topological polar surface area (TPSA) is 103 Å². The monoisotopic (exact) mass is 588 g/mol. The van der Waals surface area contributed by atoms with E-state index in [0.717, 1.165) is 6.07 Å². The van der Waals surface area contributed by atoms with E-state index in [1.807, 2.05) is 0 Å². The molecule has 0 aliphatic heterocycles. The molecule has 4 aromatic rings. The molecule has 0 aromatic carbocycles. The SMILES string of the molecule is Cc1cc(F)nc(F)n1.Cc1nc(F)c(Cl)c(F)n1.Cc1nc(F)cc(F)n1.Cc1nc(F)nc(F)c1Cl. The van der Waals surface area contributed by atoms with Crippen molar-refractivity contribution in [2.24, 2.45) is 0 Å². The molecule has 0 saturated carbocycles. The Labute approximate surface area is 219 Å². The number of halogens is 10. The number of hydrogen-bond donors (Lipinski definition) is 0. The summed E-state index contributed by atoms with van der Waals surface area (Å²) in [5.41, 5.74) is 0.395. The van der Waals surface area contributed by atoms with Gasteiger partial charge in [-0.05, 0) is 27.7 Å². The maximum atomic E-state index is 12.3. The van der Waals surface area contributed by atoms with Gasteiger partial charge in [0.15, 0.2) is 5.02 Å². The van der Waals surface area contributed by atoms with Gasteiger partial charge in [-0.25, -0.2) is 29.9 Å². The van der Waals surface area contributed by atoms with Crippen molar-refractivity contribution in [1.82, 2.24) is 39.9 Å². The predicted octanol–water partition coefficient (Wildman–Crippen LogP) is 5.56. The van der Waals surface area contributed by atoms with Gasteiger partial charge in [-0.3, -0.25) is 0 Å². The lowest BCUT2D eigenvalue weighted by Gasteiger charge is -1.95. The highest BCUT2D eigenvalue weighted by atomic mass is 35.5. The average Bonchev–Trinajstić information content (AvgIpc) is 2.75. The van der Waals surface area contributed by atoms with Crippen LogP contribution in [0.15, 0.2) is 12.1 Å². The molecule has 4 rings (SSSR count). The smallest absolute Gasteiger partial charge is 0.207 e. The molecule has 0 radical (unpaired) electrons. The first-order chi connectivity index (χ1) is 17.6. The van der Waals surface area contributed by atoms with E-state index in [0.29, 0.717) is 11.8 Å². The van der Waals surface area contributed by atoms with Crippen LogP contribution in [0.3, 0.4) is 0 Å². The molecule has 0 unspecified atom stereocenters. The zero-order valence-electron chi connectivity index (χ0n) is 19.5. The Balaban J connectivity index is 0.000000254. The molecule has 0 N–H and O–H groups in total. The summed E-state index contributed by atoms with van der Waals surface area (Å²) in [4.78, 5) is 24.8. The lowest BCUT2D eigenvalue weighted by atomic mass is 10.4. The zero-order valence-corrected chi connectivity index (χ0v) is 21.0. The largest absolute Gasteiger partial charge is 0.311 e. The van der Waals surface area contributed by atoms with Crippen LogP contribution in [0.2, 0.25) is 10.0 Å². The van der Waals surface area contributed by atoms with Crippen LogP contribution in [0.25, 0.3) is 0 Å². The highest BCUT2D eigenvalue weighted by molar-refractivity contribution is 6.31.